The van der Waals surface area contributed by atoms with Gasteiger partial charge in [-0.1, -0.05) is 30.3 Å². The molecule has 2 aliphatic rings. The van der Waals surface area contributed by atoms with Crippen LogP contribution in [0.1, 0.15) is 24.9 Å². The van der Waals surface area contributed by atoms with E-state index in [1.54, 1.807) is 20.3 Å². The molecule has 0 bridgehead atoms. The third kappa shape index (κ3) is 4.05. The van der Waals surface area contributed by atoms with Crippen molar-refractivity contribution in [1.29, 1.82) is 0 Å². The lowest BCUT2D eigenvalue weighted by atomic mass is 9.87. The van der Waals surface area contributed by atoms with Crippen LogP contribution in [0.15, 0.2) is 36.4 Å². The summed E-state index contributed by atoms with van der Waals surface area (Å²) in [6.07, 6.45) is 0.446. The van der Waals surface area contributed by atoms with Crippen LogP contribution in [-0.4, -0.2) is 67.8 Å². The molecule has 1 spiro atoms. The minimum atomic E-state index is -0.309. The predicted molar refractivity (Wildman–Crippen MR) is 112 cm³/mol. The third-order valence-corrected chi connectivity index (χ3v) is 5.91. The van der Waals surface area contributed by atoms with E-state index in [0.717, 1.165) is 5.56 Å². The van der Waals surface area contributed by atoms with Crippen LogP contribution in [0, 0.1) is 5.41 Å². The van der Waals surface area contributed by atoms with Crippen molar-refractivity contribution in [2.24, 2.45) is 5.41 Å². The number of methoxy groups -OCH3 is 2. The van der Waals surface area contributed by atoms with Crippen LogP contribution in [-0.2, 0) is 9.53 Å². The molecule has 0 saturated carbocycles. The molecule has 1 aromatic carbocycles. The number of likely N-dealkylation sites (tertiary alicyclic amines) is 1. The summed E-state index contributed by atoms with van der Waals surface area (Å²) in [5.41, 5.74) is 0.825. The number of ether oxygens (including phenoxy) is 3. The maximum Gasteiger partial charge on any atom is 0.232 e. The number of anilines is 1. The molecule has 2 atom stereocenters. The Balaban J connectivity index is 1.58. The Morgan fingerprint density at radius 1 is 1.10 bits per heavy atom. The van der Waals surface area contributed by atoms with Crippen molar-refractivity contribution in [2.75, 3.05) is 52.0 Å². The van der Waals surface area contributed by atoms with Crippen molar-refractivity contribution in [3.05, 3.63) is 42.0 Å². The zero-order valence-corrected chi connectivity index (χ0v) is 17.7. The Morgan fingerprint density at radius 2 is 1.80 bits per heavy atom. The highest BCUT2D eigenvalue weighted by Crippen LogP contribution is 2.39. The van der Waals surface area contributed by atoms with Gasteiger partial charge in [0.05, 0.1) is 39.5 Å². The molecule has 0 N–H and O–H groups in total. The standard InChI is InChI=1S/C22H28N4O4/c1-16(17-7-5-4-6-8-17)26-14-22(12-20(26)27)13-25(9-10-30-15-22)21-23-18(28-2)11-19(24-21)29-3/h4-8,11,16H,9-10,12-15H2,1-3H3/t16-,22+/m0/s1. The molecule has 2 saturated heterocycles. The van der Waals surface area contributed by atoms with Gasteiger partial charge in [0.25, 0.3) is 0 Å². The average molecular weight is 412 g/mol. The van der Waals surface area contributed by atoms with Crippen molar-refractivity contribution in [3.8, 4) is 11.8 Å². The van der Waals surface area contributed by atoms with Crippen LogP contribution >= 0.6 is 0 Å². The second-order valence-corrected chi connectivity index (χ2v) is 8.01. The lowest BCUT2D eigenvalue weighted by molar-refractivity contribution is -0.129. The molecule has 1 amide bonds. The molecule has 2 fully saturated rings. The fourth-order valence-electron chi connectivity index (χ4n) is 4.30. The summed E-state index contributed by atoms with van der Waals surface area (Å²) >= 11 is 0. The molecule has 30 heavy (non-hydrogen) atoms. The Labute approximate surface area is 176 Å². The fourth-order valence-corrected chi connectivity index (χ4v) is 4.30. The number of hydrogen-bond donors (Lipinski definition) is 0. The van der Waals surface area contributed by atoms with Gasteiger partial charge in [-0.05, 0) is 12.5 Å². The number of rotatable bonds is 5. The van der Waals surface area contributed by atoms with Crippen molar-refractivity contribution >= 4 is 11.9 Å². The summed E-state index contributed by atoms with van der Waals surface area (Å²) < 4.78 is 16.5. The highest BCUT2D eigenvalue weighted by molar-refractivity contribution is 5.80. The van der Waals surface area contributed by atoms with E-state index in [-0.39, 0.29) is 17.4 Å². The largest absolute Gasteiger partial charge is 0.481 e. The normalized spacial score (nSPS) is 22.8. The van der Waals surface area contributed by atoms with E-state index in [9.17, 15) is 4.79 Å². The zero-order valence-electron chi connectivity index (χ0n) is 17.7. The summed E-state index contributed by atoms with van der Waals surface area (Å²) in [6.45, 7) is 5.08. The molecular formula is C22H28N4O4. The molecule has 0 radical (unpaired) electrons. The van der Waals surface area contributed by atoms with E-state index in [1.807, 2.05) is 23.1 Å². The van der Waals surface area contributed by atoms with E-state index in [4.69, 9.17) is 14.2 Å². The van der Waals surface area contributed by atoms with Crippen molar-refractivity contribution < 1.29 is 19.0 Å². The maximum atomic E-state index is 13.0. The van der Waals surface area contributed by atoms with Gasteiger partial charge in [-0.25, -0.2) is 0 Å². The van der Waals surface area contributed by atoms with Crippen molar-refractivity contribution in [3.63, 3.8) is 0 Å². The Hall–Kier alpha value is -2.87. The first-order valence-electron chi connectivity index (χ1n) is 10.2. The molecule has 2 aliphatic heterocycles. The van der Waals surface area contributed by atoms with E-state index in [0.29, 0.717) is 57.0 Å². The molecule has 8 heteroatoms. The van der Waals surface area contributed by atoms with Gasteiger partial charge in [-0.15, -0.1) is 0 Å². The van der Waals surface area contributed by atoms with Crippen LogP contribution in [0.4, 0.5) is 5.95 Å². The fraction of sp³-hybridized carbons (Fsp3) is 0.500. The average Bonchev–Trinajstić information content (AvgIpc) is 2.96. The minimum absolute atomic E-state index is 0.0166. The van der Waals surface area contributed by atoms with Gasteiger partial charge in [-0.2, -0.15) is 9.97 Å². The summed E-state index contributed by atoms with van der Waals surface area (Å²) in [7, 11) is 3.13. The number of carbonyl (C=O) groups is 1. The van der Waals surface area contributed by atoms with Crippen molar-refractivity contribution in [2.45, 2.75) is 19.4 Å². The summed E-state index contributed by atoms with van der Waals surface area (Å²) in [4.78, 5) is 26.0. The van der Waals surface area contributed by atoms with Crippen LogP contribution in [0.3, 0.4) is 0 Å². The maximum absolute atomic E-state index is 13.0. The Kier molecular flexibility index (Phi) is 5.76. The molecule has 0 aliphatic carbocycles. The molecular weight excluding hydrogens is 384 g/mol. The summed E-state index contributed by atoms with van der Waals surface area (Å²) in [6, 6.07) is 11.8. The highest BCUT2D eigenvalue weighted by Gasteiger charge is 2.47. The van der Waals surface area contributed by atoms with E-state index in [2.05, 4.69) is 33.9 Å². The van der Waals surface area contributed by atoms with Crippen LogP contribution in [0.5, 0.6) is 11.8 Å². The van der Waals surface area contributed by atoms with Crippen LogP contribution < -0.4 is 14.4 Å². The Bertz CT molecular complexity index is 872. The van der Waals surface area contributed by atoms with Gasteiger partial charge in [0, 0.05) is 31.5 Å². The lowest BCUT2D eigenvalue weighted by Gasteiger charge is -2.33. The first-order chi connectivity index (χ1) is 14.5. The van der Waals surface area contributed by atoms with Gasteiger partial charge < -0.3 is 24.0 Å². The number of nitrogens with zero attached hydrogens (tertiary/aromatic N) is 4. The quantitative estimate of drug-likeness (QED) is 0.746. The van der Waals surface area contributed by atoms with Crippen LogP contribution in [0.2, 0.25) is 0 Å². The van der Waals surface area contributed by atoms with Gasteiger partial charge in [-0.3, -0.25) is 4.79 Å². The number of amides is 1. The second-order valence-electron chi connectivity index (χ2n) is 8.01. The number of hydrogen-bond acceptors (Lipinski definition) is 7. The molecule has 160 valence electrons. The molecule has 8 nitrogen and oxygen atoms in total. The molecule has 2 aromatic rings. The predicted octanol–water partition coefficient (Wildman–Crippen LogP) is 2.31. The third-order valence-electron chi connectivity index (χ3n) is 5.91. The van der Waals surface area contributed by atoms with E-state index >= 15 is 0 Å². The number of carbonyl (C=O) groups excluding carboxylic acids is 1. The second kappa shape index (κ2) is 8.47. The van der Waals surface area contributed by atoms with E-state index in [1.165, 1.54) is 0 Å². The first-order valence-corrected chi connectivity index (χ1v) is 10.2. The first kappa shape index (κ1) is 20.4. The lowest BCUT2D eigenvalue weighted by Crippen LogP contribution is -2.41. The SMILES string of the molecule is COc1cc(OC)nc(N2CCOC[C@]3(CC(=O)N([C@@H](C)c4ccccc4)C3)C2)n1. The monoisotopic (exact) mass is 412 g/mol. The van der Waals surface area contributed by atoms with E-state index < -0.39 is 0 Å². The summed E-state index contributed by atoms with van der Waals surface area (Å²) in [5.74, 6) is 1.56. The van der Waals surface area contributed by atoms with Gasteiger partial charge in [0.15, 0.2) is 0 Å². The molecule has 4 rings (SSSR count). The van der Waals surface area contributed by atoms with Crippen LogP contribution in [0.25, 0.3) is 0 Å². The zero-order chi connectivity index (χ0) is 21.1. The van der Waals surface area contributed by atoms with Gasteiger partial charge in [0.1, 0.15) is 0 Å². The van der Waals surface area contributed by atoms with Gasteiger partial charge >= 0.3 is 0 Å². The number of aromatic nitrogens is 2. The molecule has 1 aromatic heterocycles. The van der Waals surface area contributed by atoms with Crippen molar-refractivity contribution in [1.82, 2.24) is 14.9 Å². The smallest absolute Gasteiger partial charge is 0.232 e. The molecule has 3 heterocycles. The summed E-state index contributed by atoms with van der Waals surface area (Å²) in [5, 5.41) is 0. The highest BCUT2D eigenvalue weighted by atomic mass is 16.5. The number of benzene rings is 1. The minimum Gasteiger partial charge on any atom is -0.481 e. The molecule has 0 unspecified atom stereocenters. The Morgan fingerprint density at radius 3 is 2.47 bits per heavy atom. The van der Waals surface area contributed by atoms with Gasteiger partial charge in [0.2, 0.25) is 23.6 Å². The topological polar surface area (TPSA) is 77.0 Å².